The second-order valence-corrected chi connectivity index (χ2v) is 16.2. The van der Waals surface area contributed by atoms with Gasteiger partial charge in [0.25, 0.3) is 0 Å². The van der Waals surface area contributed by atoms with Gasteiger partial charge in [0.1, 0.15) is 19.0 Å². The summed E-state index contributed by atoms with van der Waals surface area (Å²) in [6.45, 7) is 13.7. The summed E-state index contributed by atoms with van der Waals surface area (Å²) in [5.74, 6) is 1.38. The fourth-order valence-electron chi connectivity index (χ4n) is 9.89. The summed E-state index contributed by atoms with van der Waals surface area (Å²) in [5.41, 5.74) is -0.743. The Balaban J connectivity index is 0.000000971. The van der Waals surface area contributed by atoms with E-state index in [1.807, 2.05) is 6.92 Å². The van der Waals surface area contributed by atoms with E-state index in [1.54, 1.807) is 0 Å². The molecule has 4 aliphatic rings. The maximum absolute atomic E-state index is 12.2. The molecule has 0 aromatic heterocycles. The lowest BCUT2D eigenvalue weighted by Gasteiger charge is -2.61. The van der Waals surface area contributed by atoms with E-state index in [0.29, 0.717) is 22.5 Å². The first-order valence-electron chi connectivity index (χ1n) is 18.4. The van der Waals surface area contributed by atoms with Crippen molar-refractivity contribution in [3.63, 3.8) is 0 Å². The number of hydrogen-bond donors (Lipinski definition) is 1. The van der Waals surface area contributed by atoms with Crippen molar-refractivity contribution in [3.8, 4) is 0 Å². The predicted molar refractivity (Wildman–Crippen MR) is 190 cm³/mol. The van der Waals surface area contributed by atoms with E-state index in [2.05, 4.69) is 25.5 Å². The Morgan fingerprint density at radius 3 is 1.94 bits per heavy atom. The van der Waals surface area contributed by atoms with Crippen molar-refractivity contribution < 1.29 is 57.1 Å². The summed E-state index contributed by atoms with van der Waals surface area (Å²) in [4.78, 5) is 69.7. The number of carbonyl (C=O) groups excluding carboxylic acids is 5. The van der Waals surface area contributed by atoms with Crippen LogP contribution in [0.5, 0.6) is 0 Å². The zero-order valence-electron chi connectivity index (χ0n) is 31.5. The number of carboxylic acid groups (broad SMARTS) is 1. The molecule has 0 spiro atoms. The summed E-state index contributed by atoms with van der Waals surface area (Å²) < 4.78 is 19.2. The lowest BCUT2D eigenvalue weighted by atomic mass is 9.44. The Labute approximate surface area is 302 Å². The fourth-order valence-corrected chi connectivity index (χ4v) is 9.89. The lowest BCUT2D eigenvalue weighted by Crippen LogP contribution is -2.53. The number of nitrogens with zero attached hydrogens (tertiary/aromatic N) is 1. The second kappa shape index (κ2) is 17.5. The van der Waals surface area contributed by atoms with Crippen molar-refractivity contribution in [2.24, 2.45) is 46.3 Å². The number of carbonyl (C=O) groups is 6. The number of fused-ring (bicyclic) bond motifs is 5. The molecule has 0 heterocycles. The molecule has 4 saturated carbocycles. The SMILES string of the molecule is CC(=O)OCCN(CCOC(C)=O)CC(=O)OC(C)(C)C(=O)OCC(=O)O.CC(=O)[C@H]1CCC2[C@@H]3CCC4C[C@@H](C)CC[C@]4(C)C3CC[C@@]21C.[HH].[HH].[HH]. The van der Waals surface area contributed by atoms with Gasteiger partial charge in [0.05, 0.1) is 6.54 Å². The fraction of sp³-hybridized carbons (Fsp3) is 0.842. The van der Waals surface area contributed by atoms with Crippen molar-refractivity contribution in [1.29, 1.82) is 0 Å². The van der Waals surface area contributed by atoms with Crippen LogP contribution in [0.3, 0.4) is 0 Å². The molecular formula is C38H67NO11. The minimum atomic E-state index is -1.69. The van der Waals surface area contributed by atoms with Crippen LogP contribution < -0.4 is 0 Å². The van der Waals surface area contributed by atoms with Crippen LogP contribution in [0.15, 0.2) is 0 Å². The molecule has 290 valence electrons. The molecule has 12 heteroatoms. The molecule has 0 aliphatic heterocycles. The summed E-state index contributed by atoms with van der Waals surface area (Å²) >= 11 is 0. The average molecular weight is 714 g/mol. The van der Waals surface area contributed by atoms with E-state index in [0.717, 1.165) is 29.6 Å². The van der Waals surface area contributed by atoms with Crippen LogP contribution in [-0.2, 0) is 47.7 Å². The molecule has 0 saturated heterocycles. The third-order valence-corrected chi connectivity index (χ3v) is 12.4. The number of Topliss-reactive ketones (excluding diaryl/α,β-unsaturated/α-hetero) is 1. The van der Waals surface area contributed by atoms with E-state index >= 15 is 0 Å². The largest absolute Gasteiger partial charge is 0.479 e. The molecule has 8 atom stereocenters. The van der Waals surface area contributed by atoms with Crippen LogP contribution in [0.1, 0.15) is 117 Å². The molecular weight excluding hydrogens is 646 g/mol. The summed E-state index contributed by atoms with van der Waals surface area (Å²) in [5, 5.41) is 8.51. The van der Waals surface area contributed by atoms with Crippen molar-refractivity contribution in [3.05, 3.63) is 0 Å². The maximum atomic E-state index is 12.2. The van der Waals surface area contributed by atoms with Crippen LogP contribution in [-0.4, -0.2) is 90.7 Å². The number of ketones is 1. The van der Waals surface area contributed by atoms with E-state index in [-0.39, 0.29) is 37.1 Å². The average Bonchev–Trinajstić information content (AvgIpc) is 3.37. The normalized spacial score (nSPS) is 31.5. The second-order valence-electron chi connectivity index (χ2n) is 16.2. The molecule has 4 fully saturated rings. The van der Waals surface area contributed by atoms with E-state index < -0.39 is 42.1 Å². The molecule has 0 amide bonds. The quantitative estimate of drug-likeness (QED) is 0.176. The Hall–Kier alpha value is -3.02. The molecule has 3 unspecified atom stereocenters. The van der Waals surface area contributed by atoms with Gasteiger partial charge in [-0.25, -0.2) is 9.59 Å². The molecule has 4 rings (SSSR count). The molecule has 4 aliphatic carbocycles. The van der Waals surface area contributed by atoms with Gasteiger partial charge in [-0.3, -0.25) is 24.1 Å². The lowest BCUT2D eigenvalue weighted by molar-refractivity contribution is -0.181. The first-order chi connectivity index (χ1) is 23.3. The zero-order chi connectivity index (χ0) is 37.4. The summed E-state index contributed by atoms with van der Waals surface area (Å²) in [6, 6.07) is 0. The Morgan fingerprint density at radius 1 is 0.800 bits per heavy atom. The highest BCUT2D eigenvalue weighted by Crippen LogP contribution is 2.67. The number of rotatable bonds is 13. The van der Waals surface area contributed by atoms with Gasteiger partial charge in [0.2, 0.25) is 5.60 Å². The maximum Gasteiger partial charge on any atom is 0.350 e. The number of esters is 4. The van der Waals surface area contributed by atoms with E-state index in [4.69, 9.17) is 19.3 Å². The van der Waals surface area contributed by atoms with Crippen molar-refractivity contribution in [2.75, 3.05) is 39.5 Å². The Kier molecular flexibility index (Phi) is 14.5. The van der Waals surface area contributed by atoms with Gasteiger partial charge in [-0.1, -0.05) is 27.2 Å². The summed E-state index contributed by atoms with van der Waals surface area (Å²) in [7, 11) is 0. The van der Waals surface area contributed by atoms with Gasteiger partial charge in [-0.15, -0.1) is 0 Å². The number of carboxylic acids is 1. The number of aliphatic carboxylic acids is 1. The molecule has 1 N–H and O–H groups in total. The van der Waals surface area contributed by atoms with Gasteiger partial charge in [0, 0.05) is 37.1 Å². The molecule has 0 aromatic carbocycles. The highest BCUT2D eigenvalue weighted by Gasteiger charge is 2.60. The predicted octanol–water partition coefficient (Wildman–Crippen LogP) is 5.97. The number of ether oxygens (including phenoxy) is 4. The first kappa shape index (κ1) is 41.4. The molecule has 12 nitrogen and oxygen atoms in total. The van der Waals surface area contributed by atoms with E-state index in [1.165, 1.54) is 90.4 Å². The van der Waals surface area contributed by atoms with Gasteiger partial charge < -0.3 is 24.1 Å². The third-order valence-electron chi connectivity index (χ3n) is 12.4. The van der Waals surface area contributed by atoms with Crippen LogP contribution in [0.25, 0.3) is 0 Å². The minimum Gasteiger partial charge on any atom is -0.479 e. The van der Waals surface area contributed by atoms with Crippen LogP contribution in [0.4, 0.5) is 0 Å². The van der Waals surface area contributed by atoms with Crippen LogP contribution in [0, 0.1) is 46.3 Å². The smallest absolute Gasteiger partial charge is 0.350 e. The van der Waals surface area contributed by atoms with Crippen LogP contribution in [0.2, 0.25) is 0 Å². The Morgan fingerprint density at radius 2 is 1.38 bits per heavy atom. The summed E-state index contributed by atoms with van der Waals surface area (Å²) in [6.07, 6.45) is 12.6. The van der Waals surface area contributed by atoms with Gasteiger partial charge in [0.15, 0.2) is 6.61 Å². The molecule has 0 bridgehead atoms. The highest BCUT2D eigenvalue weighted by atomic mass is 16.6. The first-order valence-corrected chi connectivity index (χ1v) is 18.4. The molecule has 0 aromatic rings. The van der Waals surface area contributed by atoms with Gasteiger partial charge in [-0.2, -0.15) is 0 Å². The standard InChI is InChI=1S/C22H36O.C16H25NO10.3H2/c1-14-9-11-21(3)16(13-14)5-6-17-19-8-7-18(15(2)23)22(19,4)12-10-20(17)21;1-11(18)24-7-5-17(6-8-25-12(2)19)9-14(22)27-16(3,4)15(23)26-10-13(20)21;;;/h14,16-20H,5-13H2,1-4H3;5-10H2,1-4H3,(H,20,21);3*1H/t14-,16?,17-,18+,19?,20?,21-,22+;;;;/m0..../s1. The molecule has 50 heavy (non-hydrogen) atoms. The van der Waals surface area contributed by atoms with E-state index in [9.17, 15) is 28.8 Å². The van der Waals surface area contributed by atoms with Crippen molar-refractivity contribution in [1.82, 2.24) is 4.90 Å². The topological polar surface area (TPSA) is 163 Å². The Bertz CT molecular complexity index is 1250. The minimum absolute atomic E-state index is 0. The van der Waals surface area contributed by atoms with Crippen LogP contribution >= 0.6 is 0 Å². The van der Waals surface area contributed by atoms with Crippen molar-refractivity contribution >= 4 is 35.6 Å². The third kappa shape index (κ3) is 10.5. The van der Waals surface area contributed by atoms with Crippen molar-refractivity contribution in [2.45, 2.75) is 119 Å². The zero-order valence-corrected chi connectivity index (χ0v) is 31.5. The highest BCUT2D eigenvalue weighted by molar-refractivity contribution is 5.84. The van der Waals surface area contributed by atoms with Gasteiger partial charge in [-0.05, 0) is 113 Å². The monoisotopic (exact) mass is 713 g/mol. The van der Waals surface area contributed by atoms with Gasteiger partial charge >= 0.3 is 29.8 Å². The number of hydrogen-bond acceptors (Lipinski definition) is 11. The molecule has 0 radical (unpaired) electrons.